The lowest BCUT2D eigenvalue weighted by Gasteiger charge is -2.36. The van der Waals surface area contributed by atoms with Crippen molar-refractivity contribution in [1.29, 1.82) is 0 Å². The highest BCUT2D eigenvalue weighted by molar-refractivity contribution is 5.57. The van der Waals surface area contributed by atoms with Crippen LogP contribution in [0.3, 0.4) is 0 Å². The summed E-state index contributed by atoms with van der Waals surface area (Å²) >= 11 is 0. The van der Waals surface area contributed by atoms with Crippen LogP contribution in [0.15, 0.2) is 36.7 Å². The van der Waals surface area contributed by atoms with Gasteiger partial charge >= 0.3 is 0 Å². The molecule has 4 aromatic rings. The number of hydrogen-bond acceptors (Lipinski definition) is 8. The topological polar surface area (TPSA) is 87.4 Å². The third-order valence-electron chi connectivity index (χ3n) is 8.19. The summed E-state index contributed by atoms with van der Waals surface area (Å²) in [5.41, 5.74) is 6.97. The lowest BCUT2D eigenvalue weighted by Crippen LogP contribution is -2.53. The molecule has 6 rings (SSSR count). The molecule has 0 saturated carbocycles. The normalized spacial score (nSPS) is 22.2. The number of aromatic nitrogens is 6. The van der Waals surface area contributed by atoms with E-state index in [1.165, 1.54) is 11.1 Å². The van der Waals surface area contributed by atoms with E-state index in [0.717, 1.165) is 79.9 Å². The maximum Gasteiger partial charge on any atom is 0.252 e. The molecular formula is C30H39N9. The second-order valence-corrected chi connectivity index (χ2v) is 11.6. The van der Waals surface area contributed by atoms with Crippen LogP contribution in [0.1, 0.15) is 48.6 Å². The van der Waals surface area contributed by atoms with Gasteiger partial charge in [0.05, 0.1) is 18.1 Å². The summed E-state index contributed by atoms with van der Waals surface area (Å²) in [7, 11) is 0. The number of nitrogens with one attached hydrogen (secondary N) is 1. The molecule has 0 amide bonds. The molecule has 5 heterocycles. The molecule has 3 atom stereocenters. The van der Waals surface area contributed by atoms with E-state index in [0.29, 0.717) is 23.8 Å². The summed E-state index contributed by atoms with van der Waals surface area (Å²) in [6.45, 7) is 15.8. The number of fused-ring (bicyclic) bond motifs is 1. The van der Waals surface area contributed by atoms with Gasteiger partial charge < -0.3 is 10.2 Å². The minimum absolute atomic E-state index is 0.532. The SMILES string of the molecule is Cc1nc2nc(C)c(CC3CCN(c4cnc(-c5ccc(CN6C[C@@H](C)N[C@@H](C)C6)cc5)nc4)C3)c(C)n2n1. The highest BCUT2D eigenvalue weighted by Gasteiger charge is 2.26. The zero-order valence-electron chi connectivity index (χ0n) is 23.7. The van der Waals surface area contributed by atoms with Gasteiger partial charge in [-0.05, 0) is 64.5 Å². The van der Waals surface area contributed by atoms with Gasteiger partial charge in [0, 0.05) is 61.8 Å². The van der Waals surface area contributed by atoms with Crippen molar-refractivity contribution in [3.63, 3.8) is 0 Å². The molecule has 0 aliphatic carbocycles. The van der Waals surface area contributed by atoms with E-state index in [1.54, 1.807) is 0 Å². The van der Waals surface area contributed by atoms with E-state index in [1.807, 2.05) is 23.8 Å². The Labute approximate surface area is 230 Å². The number of hydrogen-bond donors (Lipinski definition) is 1. The number of anilines is 1. The molecule has 3 aromatic heterocycles. The van der Waals surface area contributed by atoms with E-state index in [9.17, 15) is 0 Å². The summed E-state index contributed by atoms with van der Waals surface area (Å²) in [6, 6.07) is 9.79. The average molecular weight is 526 g/mol. The average Bonchev–Trinajstić information content (AvgIpc) is 3.53. The Morgan fingerprint density at radius 3 is 2.36 bits per heavy atom. The van der Waals surface area contributed by atoms with Crippen molar-refractivity contribution < 1.29 is 0 Å². The third kappa shape index (κ3) is 5.51. The first-order valence-corrected chi connectivity index (χ1v) is 14.2. The monoisotopic (exact) mass is 525 g/mol. The van der Waals surface area contributed by atoms with Crippen LogP contribution in [0, 0.1) is 26.7 Å². The van der Waals surface area contributed by atoms with Crippen LogP contribution < -0.4 is 10.2 Å². The van der Waals surface area contributed by atoms with Crippen LogP contribution >= 0.6 is 0 Å². The van der Waals surface area contributed by atoms with Gasteiger partial charge in [0.15, 0.2) is 5.82 Å². The molecule has 9 heteroatoms. The van der Waals surface area contributed by atoms with Gasteiger partial charge in [0.2, 0.25) is 0 Å². The van der Waals surface area contributed by atoms with Gasteiger partial charge in [-0.25, -0.2) is 19.5 Å². The predicted octanol–water partition coefficient (Wildman–Crippen LogP) is 3.76. The second-order valence-electron chi connectivity index (χ2n) is 11.6. The number of piperazine rings is 1. The van der Waals surface area contributed by atoms with Gasteiger partial charge in [-0.3, -0.25) is 4.90 Å². The lowest BCUT2D eigenvalue weighted by atomic mass is 9.96. The fraction of sp³-hybridized carbons (Fsp3) is 0.500. The van der Waals surface area contributed by atoms with Crippen molar-refractivity contribution in [2.75, 3.05) is 31.1 Å². The molecule has 39 heavy (non-hydrogen) atoms. The molecule has 204 valence electrons. The summed E-state index contributed by atoms with van der Waals surface area (Å²) in [4.78, 5) is 23.5. The Balaban J connectivity index is 1.08. The zero-order valence-corrected chi connectivity index (χ0v) is 23.7. The molecular weight excluding hydrogens is 486 g/mol. The van der Waals surface area contributed by atoms with Gasteiger partial charge in [-0.1, -0.05) is 24.3 Å². The molecule has 0 bridgehead atoms. The maximum atomic E-state index is 4.73. The molecule has 2 saturated heterocycles. The molecule has 0 radical (unpaired) electrons. The van der Waals surface area contributed by atoms with Crippen molar-refractivity contribution in [2.45, 2.75) is 66.1 Å². The van der Waals surface area contributed by atoms with Gasteiger partial charge in [0.1, 0.15) is 5.82 Å². The maximum absolute atomic E-state index is 4.73. The van der Waals surface area contributed by atoms with Crippen LogP contribution in [0.2, 0.25) is 0 Å². The summed E-state index contributed by atoms with van der Waals surface area (Å²) < 4.78 is 1.88. The molecule has 2 aliphatic rings. The third-order valence-corrected chi connectivity index (χ3v) is 8.19. The minimum Gasteiger partial charge on any atom is -0.369 e. The Morgan fingerprint density at radius 1 is 0.923 bits per heavy atom. The van der Waals surface area contributed by atoms with E-state index in [-0.39, 0.29) is 0 Å². The van der Waals surface area contributed by atoms with Crippen molar-refractivity contribution in [3.8, 4) is 11.4 Å². The molecule has 2 aliphatic heterocycles. The molecule has 9 nitrogen and oxygen atoms in total. The molecule has 2 fully saturated rings. The molecule has 1 aromatic carbocycles. The van der Waals surface area contributed by atoms with Crippen molar-refractivity contribution in [2.24, 2.45) is 5.92 Å². The van der Waals surface area contributed by atoms with E-state index in [2.05, 4.69) is 77.2 Å². The quantitative estimate of drug-likeness (QED) is 0.407. The molecule has 0 spiro atoms. The highest BCUT2D eigenvalue weighted by atomic mass is 15.3. The summed E-state index contributed by atoms with van der Waals surface area (Å²) in [5, 5.41) is 8.14. The first-order chi connectivity index (χ1) is 18.8. The Morgan fingerprint density at radius 2 is 1.64 bits per heavy atom. The fourth-order valence-electron chi connectivity index (χ4n) is 6.35. The summed E-state index contributed by atoms with van der Waals surface area (Å²) in [6.07, 6.45) is 6.09. The Kier molecular flexibility index (Phi) is 7.03. The van der Waals surface area contributed by atoms with Crippen molar-refractivity contribution >= 4 is 11.5 Å². The van der Waals surface area contributed by atoms with E-state index >= 15 is 0 Å². The Bertz CT molecular complexity index is 1430. The minimum atomic E-state index is 0.532. The number of aryl methyl sites for hydroxylation is 3. The van der Waals surface area contributed by atoms with Gasteiger partial charge in [-0.2, -0.15) is 10.1 Å². The van der Waals surface area contributed by atoms with Crippen LogP contribution in [0.4, 0.5) is 5.69 Å². The summed E-state index contributed by atoms with van der Waals surface area (Å²) in [5.74, 6) is 2.78. The molecule has 1 N–H and O–H groups in total. The number of rotatable bonds is 6. The predicted molar refractivity (Wildman–Crippen MR) is 154 cm³/mol. The van der Waals surface area contributed by atoms with E-state index in [4.69, 9.17) is 15.0 Å². The van der Waals surface area contributed by atoms with Crippen LogP contribution in [-0.4, -0.2) is 72.7 Å². The van der Waals surface area contributed by atoms with Gasteiger partial charge in [-0.15, -0.1) is 0 Å². The number of benzene rings is 1. The first kappa shape index (κ1) is 25.8. The zero-order chi connectivity index (χ0) is 27.1. The van der Waals surface area contributed by atoms with Crippen LogP contribution in [0.25, 0.3) is 17.2 Å². The van der Waals surface area contributed by atoms with Crippen LogP contribution in [-0.2, 0) is 13.0 Å². The van der Waals surface area contributed by atoms with Gasteiger partial charge in [0.25, 0.3) is 5.78 Å². The smallest absolute Gasteiger partial charge is 0.252 e. The Hall–Kier alpha value is -3.43. The second kappa shape index (κ2) is 10.6. The van der Waals surface area contributed by atoms with Crippen molar-refractivity contribution in [3.05, 3.63) is 65.0 Å². The van der Waals surface area contributed by atoms with Crippen molar-refractivity contribution in [1.82, 2.24) is 39.8 Å². The van der Waals surface area contributed by atoms with Crippen LogP contribution in [0.5, 0.6) is 0 Å². The number of nitrogens with zero attached hydrogens (tertiary/aromatic N) is 8. The standard InChI is InChI=1S/C30H39N9/c1-19-15-37(16-20(2)33-19)17-24-6-8-26(9-7-24)29-31-13-27(14-32-29)38-11-10-25(18-38)12-28-21(3)34-30-35-23(5)36-39(30)22(28)4/h6-9,13-14,19-20,25,33H,10-12,15-18H2,1-5H3/t19-,20+,25?. The fourth-order valence-corrected chi connectivity index (χ4v) is 6.35. The largest absolute Gasteiger partial charge is 0.369 e. The lowest BCUT2D eigenvalue weighted by molar-refractivity contribution is 0.166. The first-order valence-electron chi connectivity index (χ1n) is 14.2. The van der Waals surface area contributed by atoms with E-state index < -0.39 is 0 Å². The molecule has 1 unspecified atom stereocenters. The highest BCUT2D eigenvalue weighted by Crippen LogP contribution is 2.28.